The molecule has 5 atom stereocenters. The van der Waals surface area contributed by atoms with Gasteiger partial charge in [-0.15, -0.1) is 0 Å². The van der Waals surface area contributed by atoms with Crippen LogP contribution in [0.4, 0.5) is 4.79 Å². The third kappa shape index (κ3) is 11.2. The number of unbranched alkanes of at least 4 members (excludes halogenated alkanes) is 1. The van der Waals surface area contributed by atoms with Gasteiger partial charge < -0.3 is 33.7 Å². The number of amides is 3. The third-order valence-corrected chi connectivity index (χ3v) is 5.63. The lowest BCUT2D eigenvalue weighted by atomic mass is 9.96. The molecule has 2 fully saturated rings. The van der Waals surface area contributed by atoms with Crippen molar-refractivity contribution >= 4 is 41.8 Å². The van der Waals surface area contributed by atoms with Crippen LogP contribution in [0.25, 0.3) is 0 Å². The Morgan fingerprint density at radius 2 is 1.52 bits per heavy atom. The monoisotopic (exact) mass is 602 g/mol. The minimum atomic E-state index is -1.42. The molecule has 2 aliphatic rings. The van der Waals surface area contributed by atoms with E-state index in [4.69, 9.17) is 28.4 Å². The van der Waals surface area contributed by atoms with Crippen LogP contribution >= 0.6 is 0 Å². The number of imide groups is 1. The number of nitrogens with zero attached hydrogens (tertiary/aromatic N) is 1. The van der Waals surface area contributed by atoms with Crippen LogP contribution in [-0.2, 0) is 62.0 Å². The van der Waals surface area contributed by atoms with E-state index in [0.29, 0.717) is 12.8 Å². The first-order chi connectivity index (χ1) is 19.6. The second kappa shape index (κ2) is 15.4. The van der Waals surface area contributed by atoms with Gasteiger partial charge in [0.15, 0.2) is 18.5 Å². The third-order valence-electron chi connectivity index (χ3n) is 5.63. The molecule has 0 bridgehead atoms. The first-order valence-corrected chi connectivity index (χ1v) is 13.4. The van der Waals surface area contributed by atoms with Gasteiger partial charge in [0, 0.05) is 46.6 Å². The number of hydrogen-bond donors (Lipinski definition) is 1. The molecule has 3 amide bonds. The number of rotatable bonds is 12. The molecule has 1 N–H and O–H groups in total. The predicted octanol–water partition coefficient (Wildman–Crippen LogP) is 0.825. The van der Waals surface area contributed by atoms with E-state index >= 15 is 0 Å². The zero-order chi connectivity index (χ0) is 31.6. The van der Waals surface area contributed by atoms with Gasteiger partial charge in [-0.05, 0) is 33.6 Å². The molecule has 0 aromatic carbocycles. The Hall–Kier alpha value is -3.79. The van der Waals surface area contributed by atoms with Gasteiger partial charge in [-0.3, -0.25) is 33.6 Å². The second-order valence-electron chi connectivity index (χ2n) is 10.6. The minimum absolute atomic E-state index is 0.0311. The van der Waals surface area contributed by atoms with Gasteiger partial charge in [0.05, 0.1) is 0 Å². The molecule has 2 aliphatic heterocycles. The van der Waals surface area contributed by atoms with Gasteiger partial charge in [-0.1, -0.05) is 5.06 Å². The molecule has 16 nitrogen and oxygen atoms in total. The maximum atomic E-state index is 12.2. The molecule has 2 saturated heterocycles. The van der Waals surface area contributed by atoms with E-state index in [1.54, 1.807) is 20.8 Å². The van der Waals surface area contributed by atoms with Crippen LogP contribution in [0.3, 0.4) is 0 Å². The van der Waals surface area contributed by atoms with Gasteiger partial charge in [0.1, 0.15) is 24.4 Å². The summed E-state index contributed by atoms with van der Waals surface area (Å²) in [4.78, 5) is 88.3. The molecule has 0 aromatic rings. The van der Waals surface area contributed by atoms with Crippen molar-refractivity contribution in [2.45, 2.75) is 110 Å². The summed E-state index contributed by atoms with van der Waals surface area (Å²) in [6.45, 7) is 8.03. The second-order valence-corrected chi connectivity index (χ2v) is 10.6. The number of ether oxygens (including phenoxy) is 6. The first-order valence-electron chi connectivity index (χ1n) is 13.4. The fourth-order valence-corrected chi connectivity index (χ4v) is 4.11. The van der Waals surface area contributed by atoms with Gasteiger partial charge >= 0.3 is 24.1 Å². The molecule has 236 valence electrons. The van der Waals surface area contributed by atoms with E-state index in [1.165, 1.54) is 6.92 Å². The summed E-state index contributed by atoms with van der Waals surface area (Å²) in [7, 11) is 0. The van der Waals surface area contributed by atoms with Crippen molar-refractivity contribution in [2.24, 2.45) is 0 Å². The molecule has 16 heteroatoms. The molecule has 5 unspecified atom stereocenters. The Morgan fingerprint density at radius 1 is 0.929 bits per heavy atom. The fourth-order valence-electron chi connectivity index (χ4n) is 4.11. The van der Waals surface area contributed by atoms with E-state index in [-0.39, 0.29) is 36.9 Å². The topological polar surface area (TPSA) is 199 Å². The van der Waals surface area contributed by atoms with Crippen LogP contribution in [0.15, 0.2) is 0 Å². The van der Waals surface area contributed by atoms with E-state index in [1.807, 2.05) is 0 Å². The molecule has 2 rings (SSSR count). The van der Waals surface area contributed by atoms with E-state index < -0.39 is 78.7 Å². The molecular formula is C26H38N2O14. The Kier molecular flexibility index (Phi) is 12.7. The standard InChI is InChI=1S/C26H38N2O14/c1-14(29)27-21-23(39-16(3)31)22(38-15(2)30)17(13-37-25(35)42-28-18(32)10-11-19(28)33)40-24(21)36-12-8-7-9-20(34)41-26(4,5)6/h17,21-24H,7-13H2,1-6H3,(H,27,29). The van der Waals surface area contributed by atoms with Gasteiger partial charge in [-0.2, -0.15) is 0 Å². The number of esters is 3. The molecule has 2 heterocycles. The Labute approximate surface area is 242 Å². The van der Waals surface area contributed by atoms with Crippen LogP contribution < -0.4 is 5.32 Å². The van der Waals surface area contributed by atoms with E-state index in [0.717, 1.165) is 13.8 Å². The molecule has 0 aromatic heterocycles. The quantitative estimate of drug-likeness (QED) is 0.142. The average molecular weight is 603 g/mol. The lowest BCUT2D eigenvalue weighted by molar-refractivity contribution is -0.277. The molecule has 0 spiro atoms. The van der Waals surface area contributed by atoms with Crippen molar-refractivity contribution in [1.82, 2.24) is 10.4 Å². The number of hydroxylamine groups is 2. The van der Waals surface area contributed by atoms with Crippen LogP contribution in [0.1, 0.15) is 73.6 Å². The van der Waals surface area contributed by atoms with Crippen molar-refractivity contribution in [3.05, 3.63) is 0 Å². The van der Waals surface area contributed by atoms with E-state index in [2.05, 4.69) is 10.2 Å². The Morgan fingerprint density at radius 3 is 2.07 bits per heavy atom. The Bertz CT molecular complexity index is 1020. The highest BCUT2D eigenvalue weighted by molar-refractivity contribution is 6.01. The van der Waals surface area contributed by atoms with Gasteiger partial charge in [-0.25, -0.2) is 4.79 Å². The highest BCUT2D eigenvalue weighted by atomic mass is 16.8. The van der Waals surface area contributed by atoms with Gasteiger partial charge in [0.25, 0.3) is 11.8 Å². The molecule has 0 aliphatic carbocycles. The summed E-state index contributed by atoms with van der Waals surface area (Å²) < 4.78 is 32.8. The molecule has 0 radical (unpaired) electrons. The maximum absolute atomic E-state index is 12.2. The van der Waals surface area contributed by atoms with Gasteiger partial charge in [0.2, 0.25) is 5.91 Å². The zero-order valence-corrected chi connectivity index (χ0v) is 24.5. The fraction of sp³-hybridized carbons (Fsp3) is 0.731. The van der Waals surface area contributed by atoms with Crippen molar-refractivity contribution in [2.75, 3.05) is 13.2 Å². The summed E-state index contributed by atoms with van der Waals surface area (Å²) in [5.74, 6) is -3.96. The van der Waals surface area contributed by atoms with Crippen LogP contribution in [0.5, 0.6) is 0 Å². The van der Waals surface area contributed by atoms with Crippen molar-refractivity contribution in [3.8, 4) is 0 Å². The van der Waals surface area contributed by atoms with Crippen molar-refractivity contribution in [1.29, 1.82) is 0 Å². The lowest BCUT2D eigenvalue weighted by Crippen LogP contribution is -2.66. The van der Waals surface area contributed by atoms with Crippen molar-refractivity contribution < 1.29 is 66.8 Å². The summed E-state index contributed by atoms with van der Waals surface area (Å²) in [5, 5.41) is 2.86. The SMILES string of the molecule is CC(=O)NC1C(OCCCCC(=O)OC(C)(C)C)OC(COC(=O)ON2C(=O)CCC2=O)C(OC(C)=O)C1OC(C)=O. The predicted molar refractivity (Wildman–Crippen MR) is 137 cm³/mol. The summed E-state index contributed by atoms with van der Waals surface area (Å²) >= 11 is 0. The number of carbonyl (C=O) groups excluding carboxylic acids is 7. The largest absolute Gasteiger partial charge is 0.534 e. The molecule has 42 heavy (non-hydrogen) atoms. The molecular weight excluding hydrogens is 564 g/mol. The van der Waals surface area contributed by atoms with Crippen molar-refractivity contribution in [3.63, 3.8) is 0 Å². The number of nitrogens with one attached hydrogen (secondary N) is 1. The Balaban J connectivity index is 2.16. The average Bonchev–Trinajstić information content (AvgIpc) is 3.16. The summed E-state index contributed by atoms with van der Waals surface area (Å²) in [5.41, 5.74) is -0.623. The summed E-state index contributed by atoms with van der Waals surface area (Å²) in [6.07, 6.45) is -6.10. The molecule has 0 saturated carbocycles. The number of carbonyl (C=O) groups is 7. The highest BCUT2D eigenvalue weighted by Crippen LogP contribution is 2.28. The smallest absolute Gasteiger partial charge is 0.460 e. The lowest BCUT2D eigenvalue weighted by Gasteiger charge is -2.44. The zero-order valence-electron chi connectivity index (χ0n) is 24.5. The van der Waals surface area contributed by atoms with Crippen LogP contribution in [0, 0.1) is 0 Å². The minimum Gasteiger partial charge on any atom is -0.460 e. The normalized spacial score (nSPS) is 24.0. The van der Waals surface area contributed by atoms with E-state index in [9.17, 15) is 33.6 Å². The summed E-state index contributed by atoms with van der Waals surface area (Å²) in [6, 6.07) is -1.16. The maximum Gasteiger partial charge on any atom is 0.534 e. The van der Waals surface area contributed by atoms with Crippen LogP contribution in [-0.4, -0.2) is 96.3 Å². The van der Waals surface area contributed by atoms with Crippen LogP contribution in [0.2, 0.25) is 0 Å². The first kappa shape index (κ1) is 34.4. The highest BCUT2D eigenvalue weighted by Gasteiger charge is 2.51. The number of hydrogen-bond acceptors (Lipinski definition) is 14.